The minimum Gasteiger partial charge on any atom is -0.480 e. The summed E-state index contributed by atoms with van der Waals surface area (Å²) in [7, 11) is 0. The van der Waals surface area contributed by atoms with E-state index in [9.17, 15) is 9.90 Å². The number of carbonyl (C=O) groups is 1. The molecule has 1 unspecified atom stereocenters. The van der Waals surface area contributed by atoms with E-state index in [0.29, 0.717) is 30.4 Å². The highest BCUT2D eigenvalue weighted by Gasteiger charge is 2.33. The molecule has 1 N–H and O–H groups in total. The Labute approximate surface area is 141 Å². The molecule has 1 aliphatic rings. The summed E-state index contributed by atoms with van der Waals surface area (Å²) in [4.78, 5) is 31.3. The Morgan fingerprint density at radius 2 is 2.25 bits per heavy atom. The molecule has 1 aliphatic heterocycles. The van der Waals surface area contributed by atoms with E-state index in [4.69, 9.17) is 4.84 Å². The van der Waals surface area contributed by atoms with Crippen LogP contribution in [-0.4, -0.2) is 43.7 Å². The minimum absolute atomic E-state index is 0.370. The van der Waals surface area contributed by atoms with E-state index in [2.05, 4.69) is 15.0 Å². The van der Waals surface area contributed by atoms with E-state index >= 15 is 0 Å². The topological polar surface area (TPSA) is 88.4 Å². The SMILES string of the molecule is O=C(O)C1CCCN1Oc1nc(-c2ccccn2)nc2sccc12. The second kappa shape index (κ2) is 6.14. The summed E-state index contributed by atoms with van der Waals surface area (Å²) < 4.78 is 0. The maximum atomic E-state index is 11.3. The lowest BCUT2D eigenvalue weighted by molar-refractivity contribution is -0.155. The molecule has 3 aromatic rings. The van der Waals surface area contributed by atoms with Crippen molar-refractivity contribution in [1.82, 2.24) is 20.0 Å². The largest absolute Gasteiger partial charge is 0.480 e. The molecule has 122 valence electrons. The molecular weight excluding hydrogens is 328 g/mol. The van der Waals surface area contributed by atoms with Crippen molar-refractivity contribution in [1.29, 1.82) is 0 Å². The summed E-state index contributed by atoms with van der Waals surface area (Å²) in [5.41, 5.74) is 0.647. The highest BCUT2D eigenvalue weighted by atomic mass is 32.1. The number of hydrogen-bond donors (Lipinski definition) is 1. The van der Waals surface area contributed by atoms with Crippen molar-refractivity contribution in [3.05, 3.63) is 35.8 Å². The number of aliphatic carboxylic acids is 1. The average molecular weight is 342 g/mol. The van der Waals surface area contributed by atoms with Crippen LogP contribution in [-0.2, 0) is 4.79 Å². The number of carboxylic acid groups (broad SMARTS) is 1. The monoisotopic (exact) mass is 342 g/mol. The molecular formula is C16H14N4O3S. The van der Waals surface area contributed by atoms with Crippen LogP contribution < -0.4 is 4.84 Å². The number of carboxylic acids is 1. The first-order valence-corrected chi connectivity index (χ1v) is 8.44. The minimum atomic E-state index is -0.881. The Morgan fingerprint density at radius 1 is 1.33 bits per heavy atom. The van der Waals surface area contributed by atoms with E-state index in [-0.39, 0.29) is 0 Å². The van der Waals surface area contributed by atoms with Gasteiger partial charge < -0.3 is 9.94 Å². The molecule has 7 nitrogen and oxygen atoms in total. The van der Waals surface area contributed by atoms with E-state index in [1.165, 1.54) is 16.4 Å². The summed E-state index contributed by atoms with van der Waals surface area (Å²) in [5.74, 6) is -0.0465. The zero-order chi connectivity index (χ0) is 16.5. The maximum absolute atomic E-state index is 11.3. The Bertz CT molecular complexity index is 883. The number of thiophene rings is 1. The Kier molecular flexibility index (Phi) is 3.83. The van der Waals surface area contributed by atoms with Crippen molar-refractivity contribution >= 4 is 27.5 Å². The summed E-state index contributed by atoms with van der Waals surface area (Å²) in [6.07, 6.45) is 3.03. The van der Waals surface area contributed by atoms with Crippen LogP contribution in [0.25, 0.3) is 21.7 Å². The van der Waals surface area contributed by atoms with Crippen molar-refractivity contribution in [3.63, 3.8) is 0 Å². The Balaban J connectivity index is 1.74. The molecule has 1 fully saturated rings. The first-order valence-electron chi connectivity index (χ1n) is 7.56. The van der Waals surface area contributed by atoms with E-state index < -0.39 is 12.0 Å². The van der Waals surface area contributed by atoms with Gasteiger partial charge in [0.1, 0.15) is 16.6 Å². The number of fused-ring (bicyclic) bond motifs is 1. The highest BCUT2D eigenvalue weighted by molar-refractivity contribution is 7.16. The molecule has 0 radical (unpaired) electrons. The maximum Gasteiger partial charge on any atom is 0.324 e. The molecule has 4 rings (SSSR count). The lowest BCUT2D eigenvalue weighted by Crippen LogP contribution is -2.38. The molecule has 24 heavy (non-hydrogen) atoms. The highest BCUT2D eigenvalue weighted by Crippen LogP contribution is 2.31. The Hall–Kier alpha value is -2.58. The van der Waals surface area contributed by atoms with Gasteiger partial charge >= 0.3 is 5.97 Å². The van der Waals surface area contributed by atoms with Crippen molar-refractivity contribution in [2.45, 2.75) is 18.9 Å². The fourth-order valence-electron chi connectivity index (χ4n) is 2.71. The van der Waals surface area contributed by atoms with Gasteiger partial charge in [-0.3, -0.25) is 9.78 Å². The van der Waals surface area contributed by atoms with Gasteiger partial charge in [-0.2, -0.15) is 4.98 Å². The normalized spacial score (nSPS) is 18.1. The zero-order valence-corrected chi connectivity index (χ0v) is 13.4. The molecule has 0 amide bonds. The van der Waals surface area contributed by atoms with Gasteiger partial charge in [0, 0.05) is 12.7 Å². The molecule has 0 bridgehead atoms. The van der Waals surface area contributed by atoms with Gasteiger partial charge in [0.05, 0.1) is 5.39 Å². The van der Waals surface area contributed by atoms with Crippen LogP contribution in [0.3, 0.4) is 0 Å². The second-order valence-electron chi connectivity index (χ2n) is 5.44. The van der Waals surface area contributed by atoms with Gasteiger partial charge in [-0.15, -0.1) is 16.4 Å². The van der Waals surface area contributed by atoms with E-state index in [1.807, 2.05) is 29.6 Å². The van der Waals surface area contributed by atoms with Crippen LogP contribution in [0.15, 0.2) is 35.8 Å². The van der Waals surface area contributed by atoms with Gasteiger partial charge in [0.2, 0.25) is 0 Å². The standard InChI is InChI=1S/C16H14N4O3S/c21-16(22)12-5-3-8-20(12)23-14-10-6-9-24-15(10)19-13(18-14)11-4-1-2-7-17-11/h1-2,4,6-7,9,12H,3,5,8H2,(H,21,22). The third kappa shape index (κ3) is 2.70. The van der Waals surface area contributed by atoms with Crippen molar-refractivity contribution in [3.8, 4) is 17.4 Å². The first kappa shape index (κ1) is 15.0. The first-order chi connectivity index (χ1) is 11.7. The van der Waals surface area contributed by atoms with Gasteiger partial charge in [-0.05, 0) is 36.4 Å². The van der Waals surface area contributed by atoms with Crippen LogP contribution in [0.1, 0.15) is 12.8 Å². The molecule has 0 aromatic carbocycles. The van der Waals surface area contributed by atoms with Crippen molar-refractivity contribution in [2.75, 3.05) is 6.54 Å². The fourth-order valence-corrected chi connectivity index (χ4v) is 3.47. The lowest BCUT2D eigenvalue weighted by Gasteiger charge is -2.21. The third-order valence-corrected chi connectivity index (χ3v) is 4.68. The average Bonchev–Trinajstić information content (AvgIpc) is 3.24. The predicted octanol–water partition coefficient (Wildman–Crippen LogP) is 2.60. The number of rotatable bonds is 4. The second-order valence-corrected chi connectivity index (χ2v) is 6.33. The molecule has 1 atom stereocenters. The molecule has 4 heterocycles. The molecule has 1 saturated heterocycles. The van der Waals surface area contributed by atoms with E-state index in [1.54, 1.807) is 6.20 Å². The number of aromatic nitrogens is 3. The number of nitrogens with zero attached hydrogens (tertiary/aromatic N) is 4. The summed E-state index contributed by atoms with van der Waals surface area (Å²) in [6, 6.07) is 6.75. The van der Waals surface area contributed by atoms with Gasteiger partial charge in [-0.25, -0.2) is 4.98 Å². The lowest BCUT2D eigenvalue weighted by atomic mass is 10.2. The third-order valence-electron chi connectivity index (χ3n) is 3.88. The van der Waals surface area contributed by atoms with Crippen LogP contribution in [0.5, 0.6) is 5.88 Å². The van der Waals surface area contributed by atoms with Crippen molar-refractivity contribution < 1.29 is 14.7 Å². The van der Waals surface area contributed by atoms with Crippen LogP contribution >= 0.6 is 11.3 Å². The molecule has 0 aliphatic carbocycles. The van der Waals surface area contributed by atoms with Crippen LogP contribution in [0.4, 0.5) is 0 Å². The number of pyridine rings is 1. The Morgan fingerprint density at radius 3 is 3.04 bits per heavy atom. The summed E-state index contributed by atoms with van der Waals surface area (Å²) >= 11 is 1.48. The molecule has 8 heteroatoms. The van der Waals surface area contributed by atoms with Gasteiger partial charge in [0.25, 0.3) is 5.88 Å². The van der Waals surface area contributed by atoms with Crippen molar-refractivity contribution in [2.24, 2.45) is 0 Å². The molecule has 0 spiro atoms. The van der Waals surface area contributed by atoms with Crippen LogP contribution in [0.2, 0.25) is 0 Å². The number of hydroxylamine groups is 2. The smallest absolute Gasteiger partial charge is 0.324 e. The van der Waals surface area contributed by atoms with Crippen LogP contribution in [0, 0.1) is 0 Å². The quantitative estimate of drug-likeness (QED) is 0.779. The van der Waals surface area contributed by atoms with Gasteiger partial charge in [0.15, 0.2) is 5.82 Å². The fraction of sp³-hybridized carbons (Fsp3) is 0.250. The zero-order valence-electron chi connectivity index (χ0n) is 12.6. The van der Waals surface area contributed by atoms with Gasteiger partial charge in [-0.1, -0.05) is 6.07 Å². The summed E-state index contributed by atoms with van der Waals surface area (Å²) in [5, 5.41) is 13.5. The van der Waals surface area contributed by atoms with E-state index in [0.717, 1.165) is 16.6 Å². The predicted molar refractivity (Wildman–Crippen MR) is 88.6 cm³/mol. The molecule has 0 saturated carbocycles. The summed E-state index contributed by atoms with van der Waals surface area (Å²) in [6.45, 7) is 0.561. The number of hydrogen-bond acceptors (Lipinski definition) is 7. The molecule has 3 aromatic heterocycles.